The first-order chi connectivity index (χ1) is 7.20. The lowest BCUT2D eigenvalue weighted by molar-refractivity contribution is 0.116. The molecule has 4 nitrogen and oxygen atoms in total. The normalized spacial score (nSPS) is 11.2. The summed E-state index contributed by atoms with van der Waals surface area (Å²) in [6.07, 6.45) is -1.12. The third-order valence-corrected chi connectivity index (χ3v) is 3.46. The average Bonchev–Trinajstić information content (AvgIpc) is 2.86. The molecule has 0 aliphatic carbocycles. The van der Waals surface area contributed by atoms with Crippen LogP contribution < -0.4 is 0 Å². The fourth-order valence-electron chi connectivity index (χ4n) is 0.877. The van der Waals surface area contributed by atoms with Gasteiger partial charge in [0.05, 0.1) is 0 Å². The minimum atomic E-state index is -2.75. The monoisotopic (exact) mass is 295 g/mol. The van der Waals surface area contributed by atoms with Crippen LogP contribution in [-0.4, -0.2) is 15.2 Å². The summed E-state index contributed by atoms with van der Waals surface area (Å²) in [6, 6.07) is 0. The molecule has 2 aromatic rings. The smallest absolute Gasteiger partial charge is 0.314 e. The fourth-order valence-corrected chi connectivity index (χ4v) is 2.05. The van der Waals surface area contributed by atoms with Crippen molar-refractivity contribution in [2.45, 2.75) is 11.8 Å². The van der Waals surface area contributed by atoms with E-state index < -0.39 is 12.3 Å². The zero-order chi connectivity index (χ0) is 10.8. The van der Waals surface area contributed by atoms with Crippen molar-refractivity contribution >= 4 is 27.3 Å². The van der Waals surface area contributed by atoms with Crippen molar-refractivity contribution < 1.29 is 13.2 Å². The number of rotatable bonds is 3. The molecule has 0 unspecified atom stereocenters. The molecule has 0 aromatic carbocycles. The molecule has 0 aliphatic heterocycles. The van der Waals surface area contributed by atoms with E-state index in [9.17, 15) is 8.78 Å². The average molecular weight is 296 g/mol. The van der Waals surface area contributed by atoms with E-state index in [-0.39, 0.29) is 5.89 Å². The maximum Gasteiger partial charge on any atom is 0.314 e. The van der Waals surface area contributed by atoms with Crippen molar-refractivity contribution in [3.05, 3.63) is 17.0 Å². The zero-order valence-corrected chi connectivity index (χ0v) is 9.56. The van der Waals surface area contributed by atoms with Gasteiger partial charge in [-0.3, -0.25) is 0 Å². The molecule has 0 radical (unpaired) electrons. The van der Waals surface area contributed by atoms with Crippen molar-refractivity contribution in [2.75, 3.05) is 0 Å². The number of nitrogens with zero attached hydrogens (tertiary/aromatic N) is 3. The number of hydrogen-bond acceptors (Lipinski definition) is 5. The first-order valence-corrected chi connectivity index (χ1v) is 5.77. The van der Waals surface area contributed by atoms with Crippen LogP contribution in [0, 0.1) is 0 Å². The predicted molar refractivity (Wildman–Crippen MR) is 53.0 cm³/mol. The Morgan fingerprint density at radius 1 is 1.47 bits per heavy atom. The number of thiazole rings is 1. The SMILES string of the molecule is FC(F)c1nnc(-c2ncc(CBr)s2)o1. The maximum absolute atomic E-state index is 12.1. The Hall–Kier alpha value is -0.890. The maximum atomic E-state index is 12.1. The summed E-state index contributed by atoms with van der Waals surface area (Å²) in [5, 5.41) is 7.81. The van der Waals surface area contributed by atoms with Crippen molar-refractivity contribution in [3.8, 4) is 10.9 Å². The Kier molecular flexibility index (Phi) is 3.06. The molecule has 8 heteroatoms. The standard InChI is InChI=1S/C7H4BrF2N3OS/c8-1-3-2-11-7(15-3)6-13-12-5(14-6)4(9)10/h2,4H,1H2. The molecule has 0 aliphatic rings. The van der Waals surface area contributed by atoms with Crippen molar-refractivity contribution in [2.24, 2.45) is 0 Å². The molecule has 0 bridgehead atoms. The predicted octanol–water partition coefficient (Wildman–Crippen LogP) is 3.03. The first-order valence-electron chi connectivity index (χ1n) is 3.83. The molecular weight excluding hydrogens is 292 g/mol. The third-order valence-electron chi connectivity index (χ3n) is 1.50. The molecule has 2 aromatic heterocycles. The summed E-state index contributed by atoms with van der Waals surface area (Å²) < 4.78 is 29.0. The van der Waals surface area contributed by atoms with E-state index in [0.29, 0.717) is 10.3 Å². The summed E-state index contributed by atoms with van der Waals surface area (Å²) in [5.41, 5.74) is 0. The lowest BCUT2D eigenvalue weighted by atomic mass is 10.6. The van der Waals surface area contributed by atoms with Crippen LogP contribution in [0.25, 0.3) is 10.9 Å². The molecular formula is C7H4BrF2N3OS. The lowest BCUT2D eigenvalue weighted by Crippen LogP contribution is -1.81. The van der Waals surface area contributed by atoms with Crippen LogP contribution in [-0.2, 0) is 5.33 Å². The van der Waals surface area contributed by atoms with E-state index in [4.69, 9.17) is 4.42 Å². The summed E-state index contributed by atoms with van der Waals surface area (Å²) in [5.74, 6) is -0.650. The van der Waals surface area contributed by atoms with E-state index >= 15 is 0 Å². The topological polar surface area (TPSA) is 51.8 Å². The van der Waals surface area contributed by atoms with Gasteiger partial charge in [0.1, 0.15) is 0 Å². The molecule has 80 valence electrons. The highest BCUT2D eigenvalue weighted by atomic mass is 79.9. The largest absolute Gasteiger partial charge is 0.413 e. The minimum absolute atomic E-state index is 0.0301. The molecule has 0 saturated heterocycles. The van der Waals surface area contributed by atoms with E-state index in [2.05, 4.69) is 31.1 Å². The summed E-state index contributed by atoms with van der Waals surface area (Å²) in [4.78, 5) is 4.94. The van der Waals surface area contributed by atoms with Crippen LogP contribution in [0.2, 0.25) is 0 Å². The van der Waals surface area contributed by atoms with Gasteiger partial charge in [-0.2, -0.15) is 8.78 Å². The van der Waals surface area contributed by atoms with E-state index in [1.807, 2.05) is 0 Å². The molecule has 0 amide bonds. The summed E-state index contributed by atoms with van der Waals surface area (Å²) in [6.45, 7) is 0. The molecule has 0 spiro atoms. The Morgan fingerprint density at radius 3 is 2.80 bits per heavy atom. The summed E-state index contributed by atoms with van der Waals surface area (Å²) in [7, 11) is 0. The van der Waals surface area contributed by atoms with Crippen molar-refractivity contribution in [3.63, 3.8) is 0 Å². The van der Waals surface area contributed by atoms with Gasteiger partial charge in [-0.05, 0) is 0 Å². The molecule has 0 fully saturated rings. The van der Waals surface area contributed by atoms with E-state index in [0.717, 1.165) is 4.88 Å². The fraction of sp³-hybridized carbons (Fsp3) is 0.286. The highest BCUT2D eigenvalue weighted by molar-refractivity contribution is 9.08. The Morgan fingerprint density at radius 2 is 2.27 bits per heavy atom. The second kappa shape index (κ2) is 4.31. The van der Waals surface area contributed by atoms with Crippen LogP contribution in [0.3, 0.4) is 0 Å². The third kappa shape index (κ3) is 2.20. The Labute approximate surface area is 95.5 Å². The number of aromatic nitrogens is 3. The molecule has 0 saturated carbocycles. The minimum Gasteiger partial charge on any atom is -0.413 e. The van der Waals surface area contributed by atoms with Gasteiger partial charge in [0, 0.05) is 16.4 Å². The van der Waals surface area contributed by atoms with Gasteiger partial charge in [-0.1, -0.05) is 15.9 Å². The van der Waals surface area contributed by atoms with Gasteiger partial charge in [-0.15, -0.1) is 21.5 Å². The van der Waals surface area contributed by atoms with E-state index in [1.54, 1.807) is 6.20 Å². The van der Waals surface area contributed by atoms with E-state index in [1.165, 1.54) is 11.3 Å². The second-order valence-corrected chi connectivity index (χ2v) is 4.19. The van der Waals surface area contributed by atoms with Crippen LogP contribution in [0.5, 0.6) is 0 Å². The summed E-state index contributed by atoms with van der Waals surface area (Å²) >= 11 is 4.57. The van der Waals surface area contributed by atoms with Crippen LogP contribution >= 0.6 is 27.3 Å². The van der Waals surface area contributed by atoms with Gasteiger partial charge in [0.25, 0.3) is 11.8 Å². The molecule has 15 heavy (non-hydrogen) atoms. The Bertz CT molecular complexity index is 459. The number of alkyl halides is 3. The number of hydrogen-bond donors (Lipinski definition) is 0. The van der Waals surface area contributed by atoms with Gasteiger partial charge in [0.2, 0.25) is 0 Å². The molecule has 0 atom stereocenters. The lowest BCUT2D eigenvalue weighted by Gasteiger charge is -1.87. The molecule has 2 rings (SSSR count). The first kappa shape index (κ1) is 10.6. The quantitative estimate of drug-likeness (QED) is 0.817. The highest BCUT2D eigenvalue weighted by Gasteiger charge is 2.18. The highest BCUT2D eigenvalue weighted by Crippen LogP contribution is 2.27. The molecule has 0 N–H and O–H groups in total. The zero-order valence-electron chi connectivity index (χ0n) is 7.15. The van der Waals surface area contributed by atoms with Crippen LogP contribution in [0.4, 0.5) is 8.78 Å². The van der Waals surface area contributed by atoms with Gasteiger partial charge >= 0.3 is 6.43 Å². The van der Waals surface area contributed by atoms with Crippen molar-refractivity contribution in [1.82, 2.24) is 15.2 Å². The van der Waals surface area contributed by atoms with Gasteiger partial charge in [0.15, 0.2) is 5.01 Å². The number of halogens is 3. The van der Waals surface area contributed by atoms with Gasteiger partial charge in [-0.25, -0.2) is 4.98 Å². The van der Waals surface area contributed by atoms with Crippen molar-refractivity contribution in [1.29, 1.82) is 0 Å². The Balaban J connectivity index is 2.28. The molecule has 2 heterocycles. The van der Waals surface area contributed by atoms with Crippen LogP contribution in [0.15, 0.2) is 10.6 Å². The second-order valence-electron chi connectivity index (χ2n) is 2.51. The van der Waals surface area contributed by atoms with Gasteiger partial charge < -0.3 is 4.42 Å². The van der Waals surface area contributed by atoms with Crippen LogP contribution in [0.1, 0.15) is 17.2 Å².